The number of hydrogen-bond donors (Lipinski definition) is 0. The van der Waals surface area contributed by atoms with Gasteiger partial charge in [-0.1, -0.05) is 0 Å². The Morgan fingerprint density at radius 1 is 1.00 bits per heavy atom. The van der Waals surface area contributed by atoms with Gasteiger partial charge < -0.3 is 0 Å². The van der Waals surface area contributed by atoms with Crippen LogP contribution in [0.1, 0.15) is 0 Å². The van der Waals surface area contributed by atoms with E-state index >= 15 is 0 Å². The van der Waals surface area contributed by atoms with Crippen LogP contribution < -0.4 is 0 Å². The molecule has 0 saturated carbocycles. The van der Waals surface area contributed by atoms with Crippen molar-refractivity contribution in [2.75, 3.05) is 0 Å². The molecule has 0 aliphatic carbocycles. The Hall–Kier alpha value is 7.06. The summed E-state index contributed by atoms with van der Waals surface area (Å²) in [5, 5.41) is 0. The van der Waals surface area contributed by atoms with E-state index in [-0.39, 0.29) is 219 Å². The van der Waals surface area contributed by atoms with Crippen LogP contribution in [-0.4, -0.2) is 219 Å². The molecule has 6 heteroatoms. The second-order valence-electron chi connectivity index (χ2n) is 0. The van der Waals surface area contributed by atoms with Gasteiger partial charge in [0.2, 0.25) is 0 Å². The van der Waals surface area contributed by atoms with E-state index in [1.54, 1.807) is 0 Å². The first-order valence-electron chi connectivity index (χ1n) is 0. The molecule has 6 heavy (non-hydrogen) atoms. The van der Waals surface area contributed by atoms with E-state index in [9.17, 15) is 0 Å². The third-order valence-electron chi connectivity index (χ3n) is 0. The van der Waals surface area contributed by atoms with Crippen molar-refractivity contribution in [3.63, 3.8) is 0 Å². The third kappa shape index (κ3) is 22.5. The molecule has 0 spiro atoms. The predicted molar refractivity (Wildman–Crippen MR) is 34.5 cm³/mol. The van der Waals surface area contributed by atoms with Gasteiger partial charge in [0.15, 0.2) is 0 Å². The molecule has 0 aromatic heterocycles. The molecule has 0 rings (SSSR count). The molecule has 0 bridgehead atoms. The molecular weight excluding hydrogens is 219 g/mol. The Balaban J connectivity index is 0. The van der Waals surface area contributed by atoms with Crippen LogP contribution in [0.3, 0.4) is 0 Å². The normalized spacial score (nSPS) is 0. The molecule has 0 atom stereocenters. The first kappa shape index (κ1) is 38.1. The van der Waals surface area contributed by atoms with E-state index in [0.29, 0.717) is 0 Å². The Bertz CT molecular complexity index is 15.5. The SMILES string of the molecule is [Ca].[K].[Li].[Mg].[Na].[Rb]. The Morgan fingerprint density at radius 3 is 1.00 bits per heavy atom. The van der Waals surface area contributed by atoms with E-state index in [4.69, 9.17) is 0 Å². The zero-order chi connectivity index (χ0) is 0. The molecule has 0 aromatic carbocycles. The molecule has 0 amide bonds. The molecular formula is CaKLiMgNaRb. The maximum atomic E-state index is 0. The zero-order valence-electron chi connectivity index (χ0n) is 5.41. The first-order chi connectivity index (χ1) is 0. The third-order valence-corrected chi connectivity index (χ3v) is 0. The number of rotatable bonds is 0. The standard InChI is InChI=1S/Ca.K.Li.Mg.Na.Rb. The van der Waals surface area contributed by atoms with Crippen LogP contribution in [0.15, 0.2) is 0 Å². The maximum absolute atomic E-state index is 0. The minimum Gasteiger partial charge on any atom is 0 e. The van der Waals surface area contributed by atoms with Gasteiger partial charge in [0.25, 0.3) is 0 Å². The molecule has 0 saturated heterocycles. The second kappa shape index (κ2) is 29.6. The summed E-state index contributed by atoms with van der Waals surface area (Å²) < 4.78 is 0. The number of hydrogen-bond acceptors (Lipinski definition) is 0. The fourth-order valence-electron chi connectivity index (χ4n) is 0. The van der Waals surface area contributed by atoms with E-state index < -0.39 is 0 Å². The smallest absolute Gasteiger partial charge is 0 e. The van der Waals surface area contributed by atoms with Crippen LogP contribution in [0, 0.1) is 0 Å². The van der Waals surface area contributed by atoms with E-state index in [0.717, 1.165) is 0 Å². The van der Waals surface area contributed by atoms with Crippen LogP contribution >= 0.6 is 0 Å². The van der Waals surface area contributed by atoms with Gasteiger partial charge in [-0.15, -0.1) is 0 Å². The van der Waals surface area contributed by atoms with Crippen molar-refractivity contribution in [1.82, 2.24) is 0 Å². The summed E-state index contributed by atoms with van der Waals surface area (Å²) in [5.74, 6) is 0. The molecule has 0 heterocycles. The first-order valence-corrected chi connectivity index (χ1v) is 0. The fourth-order valence-corrected chi connectivity index (χ4v) is 0. The monoisotopic (exact) mass is 218 g/mol. The van der Waals surface area contributed by atoms with Gasteiger partial charge in [0.05, 0.1) is 0 Å². The van der Waals surface area contributed by atoms with Gasteiger partial charge in [-0.2, -0.15) is 0 Å². The molecule has 0 N–H and O–H groups in total. The molecule has 0 aliphatic heterocycles. The van der Waals surface area contributed by atoms with Gasteiger partial charge in [0, 0.05) is 219 Å². The Morgan fingerprint density at radius 2 is 1.00 bits per heavy atom. The van der Waals surface area contributed by atoms with E-state index in [1.807, 2.05) is 0 Å². The van der Waals surface area contributed by atoms with E-state index in [2.05, 4.69) is 0 Å². The van der Waals surface area contributed by atoms with Crippen LogP contribution in [-0.2, 0) is 0 Å². The van der Waals surface area contributed by atoms with Gasteiger partial charge in [0.1, 0.15) is 0 Å². The van der Waals surface area contributed by atoms with Crippen molar-refractivity contribution >= 4 is 219 Å². The average Bonchev–Trinajstić information content (AvgIpc) is 0. The van der Waals surface area contributed by atoms with Gasteiger partial charge in [-0.05, 0) is 0 Å². The summed E-state index contributed by atoms with van der Waals surface area (Å²) in [4.78, 5) is 0. The molecule has 0 fully saturated rings. The van der Waals surface area contributed by atoms with Crippen molar-refractivity contribution in [3.8, 4) is 0 Å². The van der Waals surface area contributed by atoms with Gasteiger partial charge in [-0.3, -0.25) is 0 Å². The summed E-state index contributed by atoms with van der Waals surface area (Å²) in [6.45, 7) is 0. The van der Waals surface area contributed by atoms with Crippen molar-refractivity contribution in [3.05, 3.63) is 0 Å². The molecule has 0 nitrogen and oxygen atoms in total. The molecule has 0 unspecified atom stereocenters. The molecule has 0 aromatic rings. The average molecular weight is 219 g/mol. The predicted octanol–water partition coefficient (Wildman–Crippen LogP) is -2.28. The van der Waals surface area contributed by atoms with Crippen molar-refractivity contribution in [2.24, 2.45) is 0 Å². The molecule has 8 radical (unpaired) electrons. The van der Waals surface area contributed by atoms with Crippen molar-refractivity contribution in [2.45, 2.75) is 0 Å². The Labute approximate surface area is 211 Å². The van der Waals surface area contributed by atoms with Crippen molar-refractivity contribution in [1.29, 1.82) is 0 Å². The fraction of sp³-hybridized carbons (Fsp3) is 0. The summed E-state index contributed by atoms with van der Waals surface area (Å²) >= 11 is 0. The van der Waals surface area contributed by atoms with Gasteiger partial charge >= 0.3 is 0 Å². The van der Waals surface area contributed by atoms with Crippen LogP contribution in [0.5, 0.6) is 0 Å². The maximum Gasteiger partial charge on any atom is 0 e. The van der Waals surface area contributed by atoms with Crippen LogP contribution in [0.25, 0.3) is 0 Å². The summed E-state index contributed by atoms with van der Waals surface area (Å²) in [5.41, 5.74) is 0. The second-order valence-corrected chi connectivity index (χ2v) is 0. The summed E-state index contributed by atoms with van der Waals surface area (Å²) in [6.07, 6.45) is 0. The van der Waals surface area contributed by atoms with Crippen molar-refractivity contribution < 1.29 is 0 Å². The quantitative estimate of drug-likeness (QED) is 0.402. The molecule has 0 aliphatic rings. The minimum absolute atomic E-state index is 0. The molecule has 8 valence electrons. The van der Waals surface area contributed by atoms with Crippen LogP contribution in [0.2, 0.25) is 0 Å². The topological polar surface area (TPSA) is 0 Å². The summed E-state index contributed by atoms with van der Waals surface area (Å²) in [7, 11) is 0. The minimum atomic E-state index is 0. The van der Waals surface area contributed by atoms with Crippen LogP contribution in [0.4, 0.5) is 0 Å². The van der Waals surface area contributed by atoms with Gasteiger partial charge in [-0.25, -0.2) is 0 Å². The van der Waals surface area contributed by atoms with E-state index in [1.165, 1.54) is 0 Å². The largest absolute Gasteiger partial charge is 0 e. The Kier molecular flexibility index (Phi) is 188. The zero-order valence-corrected chi connectivity index (χ0v) is 19.1. The summed E-state index contributed by atoms with van der Waals surface area (Å²) in [6, 6.07) is 0.